The van der Waals surface area contributed by atoms with Crippen molar-refractivity contribution < 1.29 is 5.11 Å². The molecule has 2 rings (SSSR count). The minimum absolute atomic E-state index is 0.0771. The van der Waals surface area contributed by atoms with Crippen molar-refractivity contribution in [2.45, 2.75) is 25.7 Å². The predicted octanol–water partition coefficient (Wildman–Crippen LogP) is 0.250. The number of nitrogens with one attached hydrogen (secondary N) is 1. The van der Waals surface area contributed by atoms with Gasteiger partial charge in [-0.1, -0.05) is 0 Å². The molecule has 0 spiro atoms. The normalized spacial score (nSPS) is 21.6. The second-order valence-corrected chi connectivity index (χ2v) is 4.64. The largest absolute Gasteiger partial charge is 0.395 e. The van der Waals surface area contributed by atoms with Crippen LogP contribution in [-0.2, 0) is 0 Å². The number of H-pyrrole nitrogens is 1. The minimum atomic E-state index is -0.0771. The maximum Gasteiger partial charge on any atom is 0.251 e. The number of nitrogens with zero attached hydrogens (tertiary/aromatic N) is 2. The zero-order chi connectivity index (χ0) is 12.3. The third-order valence-corrected chi connectivity index (χ3v) is 3.20. The monoisotopic (exact) mass is 237 g/mol. The summed E-state index contributed by atoms with van der Waals surface area (Å²) in [5.41, 5.74) is 0.690. The van der Waals surface area contributed by atoms with Crippen molar-refractivity contribution in [3.05, 3.63) is 27.9 Å². The summed E-state index contributed by atoms with van der Waals surface area (Å²) in [6, 6.07) is 1.51. The van der Waals surface area contributed by atoms with E-state index in [0.29, 0.717) is 6.54 Å². The van der Waals surface area contributed by atoms with Gasteiger partial charge >= 0.3 is 0 Å². The Morgan fingerprint density at radius 2 is 2.47 bits per heavy atom. The molecule has 0 bridgehead atoms. The summed E-state index contributed by atoms with van der Waals surface area (Å²) in [5, 5.41) is 8.95. The Morgan fingerprint density at radius 1 is 1.65 bits per heavy atom. The summed E-state index contributed by atoms with van der Waals surface area (Å²) in [7, 11) is 0. The Morgan fingerprint density at radius 3 is 3.18 bits per heavy atom. The molecule has 5 nitrogen and oxygen atoms in total. The second-order valence-electron chi connectivity index (χ2n) is 4.64. The molecule has 17 heavy (non-hydrogen) atoms. The fraction of sp³-hybridized carbons (Fsp3) is 0.667. The zero-order valence-electron chi connectivity index (χ0n) is 10.1. The van der Waals surface area contributed by atoms with Crippen LogP contribution in [0, 0.1) is 6.92 Å². The molecule has 1 aromatic rings. The first-order chi connectivity index (χ1) is 8.19. The molecule has 94 valence electrons. The van der Waals surface area contributed by atoms with Gasteiger partial charge < -0.3 is 15.0 Å². The van der Waals surface area contributed by atoms with E-state index in [-0.39, 0.29) is 18.1 Å². The topological polar surface area (TPSA) is 69.2 Å². The second kappa shape index (κ2) is 5.42. The van der Waals surface area contributed by atoms with Gasteiger partial charge in [0.1, 0.15) is 5.82 Å². The molecule has 2 heterocycles. The van der Waals surface area contributed by atoms with Crippen molar-refractivity contribution >= 4 is 0 Å². The molecule has 5 heteroatoms. The van der Waals surface area contributed by atoms with Crippen LogP contribution in [0.15, 0.2) is 10.9 Å². The van der Waals surface area contributed by atoms with Gasteiger partial charge in [0.05, 0.1) is 6.61 Å². The highest BCUT2D eigenvalue weighted by molar-refractivity contribution is 5.05. The Bertz CT molecular complexity index is 428. The van der Waals surface area contributed by atoms with Crippen LogP contribution in [0.25, 0.3) is 0 Å². The van der Waals surface area contributed by atoms with Crippen LogP contribution in [0.5, 0.6) is 0 Å². The number of aliphatic hydroxyl groups is 1. The number of piperidine rings is 1. The number of aryl methyl sites for hydroxylation is 1. The Kier molecular flexibility index (Phi) is 3.91. The number of rotatable bonds is 3. The molecule has 1 aromatic heterocycles. The molecule has 0 radical (unpaired) electrons. The molecular formula is C12H19N3O2. The molecule has 1 aliphatic heterocycles. The summed E-state index contributed by atoms with van der Waals surface area (Å²) in [4.78, 5) is 20.9. The van der Waals surface area contributed by atoms with Crippen LogP contribution >= 0.6 is 0 Å². The molecular weight excluding hydrogens is 218 g/mol. The first-order valence-electron chi connectivity index (χ1n) is 6.10. The van der Waals surface area contributed by atoms with E-state index in [1.165, 1.54) is 6.07 Å². The van der Waals surface area contributed by atoms with Gasteiger partial charge in [-0.05, 0) is 26.3 Å². The summed E-state index contributed by atoms with van der Waals surface area (Å²) in [6.45, 7) is 4.62. The van der Waals surface area contributed by atoms with Gasteiger partial charge in [-0.15, -0.1) is 0 Å². The standard InChI is InChI=1S/C12H19N3O2/c1-9-7-11(17)14-12(13-9)10-3-2-4-15(8-10)5-6-16/h7,10,16H,2-6,8H2,1H3,(H,13,14,17)/t10-/m1/s1. The SMILES string of the molecule is Cc1cc(=O)[nH]c([C@@H]2CCCN(CCO)C2)n1. The van der Waals surface area contributed by atoms with Crippen LogP contribution in [0.3, 0.4) is 0 Å². The number of β-amino-alcohol motifs (C(OH)–C–C–N with tert-alkyl or cyclic N) is 1. The molecule has 1 saturated heterocycles. The molecule has 0 amide bonds. The van der Waals surface area contributed by atoms with E-state index in [2.05, 4.69) is 14.9 Å². The van der Waals surface area contributed by atoms with Crippen molar-refractivity contribution in [1.82, 2.24) is 14.9 Å². The molecule has 0 aromatic carbocycles. The van der Waals surface area contributed by atoms with Crippen molar-refractivity contribution in [1.29, 1.82) is 0 Å². The van der Waals surface area contributed by atoms with Gasteiger partial charge in [-0.2, -0.15) is 0 Å². The Balaban J connectivity index is 2.13. The van der Waals surface area contributed by atoms with Crippen molar-refractivity contribution in [3.8, 4) is 0 Å². The van der Waals surface area contributed by atoms with E-state index < -0.39 is 0 Å². The van der Waals surface area contributed by atoms with Gasteiger partial charge in [0, 0.05) is 30.8 Å². The van der Waals surface area contributed by atoms with Crippen LogP contribution in [0.2, 0.25) is 0 Å². The van der Waals surface area contributed by atoms with E-state index in [1.54, 1.807) is 0 Å². The molecule has 1 fully saturated rings. The van der Waals surface area contributed by atoms with E-state index in [9.17, 15) is 4.79 Å². The lowest BCUT2D eigenvalue weighted by atomic mass is 9.97. The third-order valence-electron chi connectivity index (χ3n) is 3.20. The van der Waals surface area contributed by atoms with Crippen molar-refractivity contribution in [3.63, 3.8) is 0 Å². The van der Waals surface area contributed by atoms with Gasteiger partial charge in [0.2, 0.25) is 0 Å². The quantitative estimate of drug-likeness (QED) is 0.790. The Labute approximate surface area is 100 Å². The predicted molar refractivity (Wildman–Crippen MR) is 65.1 cm³/mol. The lowest BCUT2D eigenvalue weighted by molar-refractivity contribution is 0.159. The fourth-order valence-electron chi connectivity index (χ4n) is 2.42. The van der Waals surface area contributed by atoms with Crippen LogP contribution in [-0.4, -0.2) is 46.2 Å². The maximum atomic E-state index is 11.4. The Hall–Kier alpha value is -1.20. The number of hydrogen-bond donors (Lipinski definition) is 2. The van der Waals surface area contributed by atoms with Crippen molar-refractivity contribution in [2.24, 2.45) is 0 Å². The van der Waals surface area contributed by atoms with Crippen LogP contribution in [0.4, 0.5) is 0 Å². The molecule has 1 aliphatic rings. The summed E-state index contributed by atoms with van der Waals surface area (Å²) < 4.78 is 0. The first-order valence-corrected chi connectivity index (χ1v) is 6.10. The summed E-state index contributed by atoms with van der Waals surface area (Å²) in [5.74, 6) is 1.07. The van der Waals surface area contributed by atoms with E-state index >= 15 is 0 Å². The average Bonchev–Trinajstić information content (AvgIpc) is 2.28. The molecule has 1 atom stereocenters. The molecule has 0 saturated carbocycles. The lowest BCUT2D eigenvalue weighted by Gasteiger charge is -2.31. The summed E-state index contributed by atoms with van der Waals surface area (Å²) in [6.07, 6.45) is 2.14. The zero-order valence-corrected chi connectivity index (χ0v) is 10.1. The van der Waals surface area contributed by atoms with Gasteiger partial charge in [-0.3, -0.25) is 4.79 Å². The van der Waals surface area contributed by atoms with Crippen molar-refractivity contribution in [2.75, 3.05) is 26.2 Å². The lowest BCUT2D eigenvalue weighted by Crippen LogP contribution is -2.37. The maximum absolute atomic E-state index is 11.4. The van der Waals surface area contributed by atoms with E-state index in [0.717, 1.165) is 37.4 Å². The highest BCUT2D eigenvalue weighted by Crippen LogP contribution is 2.23. The van der Waals surface area contributed by atoms with Gasteiger partial charge in [0.15, 0.2) is 0 Å². The summed E-state index contributed by atoms with van der Waals surface area (Å²) >= 11 is 0. The third kappa shape index (κ3) is 3.14. The number of aromatic nitrogens is 2. The number of hydrogen-bond acceptors (Lipinski definition) is 4. The highest BCUT2D eigenvalue weighted by Gasteiger charge is 2.22. The average molecular weight is 237 g/mol. The highest BCUT2D eigenvalue weighted by atomic mass is 16.3. The van der Waals surface area contributed by atoms with E-state index in [1.807, 2.05) is 6.92 Å². The van der Waals surface area contributed by atoms with Gasteiger partial charge in [0.25, 0.3) is 5.56 Å². The number of likely N-dealkylation sites (tertiary alicyclic amines) is 1. The van der Waals surface area contributed by atoms with Crippen LogP contribution < -0.4 is 5.56 Å². The first kappa shape index (κ1) is 12.3. The number of aliphatic hydroxyl groups excluding tert-OH is 1. The minimum Gasteiger partial charge on any atom is -0.395 e. The molecule has 2 N–H and O–H groups in total. The van der Waals surface area contributed by atoms with E-state index in [4.69, 9.17) is 5.11 Å². The number of aromatic amines is 1. The van der Waals surface area contributed by atoms with Crippen LogP contribution in [0.1, 0.15) is 30.3 Å². The molecule has 0 unspecified atom stereocenters. The van der Waals surface area contributed by atoms with Gasteiger partial charge in [-0.25, -0.2) is 4.98 Å². The smallest absolute Gasteiger partial charge is 0.251 e. The molecule has 0 aliphatic carbocycles. The fourth-order valence-corrected chi connectivity index (χ4v) is 2.42.